The maximum absolute atomic E-state index is 10.3. The van der Waals surface area contributed by atoms with Crippen LogP contribution in [0.3, 0.4) is 0 Å². The van der Waals surface area contributed by atoms with Gasteiger partial charge in [-0.2, -0.15) is 5.10 Å². The van der Waals surface area contributed by atoms with Crippen LogP contribution >= 0.6 is 11.6 Å². The molecule has 2 aromatic carbocycles. The van der Waals surface area contributed by atoms with Crippen molar-refractivity contribution in [1.82, 2.24) is 29.4 Å². The van der Waals surface area contributed by atoms with Crippen LogP contribution in [0.1, 0.15) is 5.56 Å². The van der Waals surface area contributed by atoms with E-state index in [0.717, 1.165) is 16.6 Å². The van der Waals surface area contributed by atoms with Gasteiger partial charge in [-0.1, -0.05) is 17.7 Å². The van der Waals surface area contributed by atoms with Crippen LogP contribution in [0.15, 0.2) is 48.9 Å². The Morgan fingerprint density at radius 2 is 1.97 bits per heavy atom. The number of hydrogen-bond donors (Lipinski definition) is 1. The largest absolute Gasteiger partial charge is 0.507 e. The summed E-state index contributed by atoms with van der Waals surface area (Å²) in [5.41, 5.74) is 3.52. The molecule has 5 rings (SSSR count). The molecule has 29 heavy (non-hydrogen) atoms. The molecular weight excluding hydrogens is 392 g/mol. The summed E-state index contributed by atoms with van der Waals surface area (Å²) in [5.74, 6) is 0.970. The summed E-state index contributed by atoms with van der Waals surface area (Å²) in [7, 11) is 1.54. The smallest absolute Gasteiger partial charge is 0.185 e. The quantitative estimate of drug-likeness (QED) is 0.490. The van der Waals surface area contributed by atoms with Gasteiger partial charge in [0.25, 0.3) is 0 Å². The topological polar surface area (TPSA) is 90.4 Å². The molecule has 1 N–H and O–H groups in total. The van der Waals surface area contributed by atoms with Gasteiger partial charge in [0.05, 0.1) is 29.9 Å². The highest BCUT2D eigenvalue weighted by atomic mass is 35.5. The maximum atomic E-state index is 10.3. The third kappa shape index (κ3) is 2.76. The second kappa shape index (κ2) is 6.46. The van der Waals surface area contributed by atoms with Gasteiger partial charge < -0.3 is 9.84 Å². The van der Waals surface area contributed by atoms with Gasteiger partial charge in [0.1, 0.15) is 17.8 Å². The second-order valence-corrected chi connectivity index (χ2v) is 6.97. The van der Waals surface area contributed by atoms with Crippen molar-refractivity contribution in [3.63, 3.8) is 0 Å². The lowest BCUT2D eigenvalue weighted by molar-refractivity contribution is 0.408. The first kappa shape index (κ1) is 17.4. The molecule has 0 unspecified atom stereocenters. The Balaban J connectivity index is 1.66. The lowest BCUT2D eigenvalue weighted by Crippen LogP contribution is -1.99. The molecule has 9 heteroatoms. The van der Waals surface area contributed by atoms with Crippen LogP contribution in [0.25, 0.3) is 33.8 Å². The molecule has 0 spiro atoms. The number of ether oxygens (including phenoxy) is 1. The van der Waals surface area contributed by atoms with Crippen LogP contribution in [0, 0.1) is 6.92 Å². The molecule has 0 fully saturated rings. The van der Waals surface area contributed by atoms with Crippen LogP contribution in [-0.4, -0.2) is 41.6 Å². The van der Waals surface area contributed by atoms with Gasteiger partial charge in [0, 0.05) is 11.1 Å². The number of phenols is 1. The Kier molecular flexibility index (Phi) is 3.88. The zero-order chi connectivity index (χ0) is 20.1. The van der Waals surface area contributed by atoms with E-state index in [2.05, 4.69) is 20.2 Å². The summed E-state index contributed by atoms with van der Waals surface area (Å²) in [5, 5.41) is 20.6. The minimum Gasteiger partial charge on any atom is -0.507 e. The van der Waals surface area contributed by atoms with Crippen molar-refractivity contribution in [1.29, 1.82) is 0 Å². The molecule has 0 saturated heterocycles. The second-order valence-electron chi connectivity index (χ2n) is 6.56. The molecule has 0 radical (unpaired) electrons. The van der Waals surface area contributed by atoms with E-state index in [-0.39, 0.29) is 5.75 Å². The highest BCUT2D eigenvalue weighted by Gasteiger charge is 2.16. The van der Waals surface area contributed by atoms with Gasteiger partial charge in [-0.25, -0.2) is 19.2 Å². The molecule has 3 aromatic heterocycles. The number of aryl methyl sites for hydroxylation is 1. The summed E-state index contributed by atoms with van der Waals surface area (Å²) < 4.78 is 8.40. The molecule has 0 bridgehead atoms. The number of rotatable bonds is 3. The minimum absolute atomic E-state index is 0.0365. The third-order valence-corrected chi connectivity index (χ3v) is 5.16. The number of aromatic nitrogens is 6. The molecule has 0 aliphatic rings. The van der Waals surface area contributed by atoms with Crippen LogP contribution in [0.5, 0.6) is 11.5 Å². The number of benzene rings is 2. The van der Waals surface area contributed by atoms with E-state index in [1.54, 1.807) is 41.0 Å². The zero-order valence-corrected chi connectivity index (χ0v) is 16.3. The molecule has 8 nitrogen and oxygen atoms in total. The SMILES string of the molecule is COc1ccc(-c2nc3c4cnn(-c5ccc(C)c(Cl)c5)c4ncn3n2)c(O)c1. The van der Waals surface area contributed by atoms with Crippen molar-refractivity contribution in [2.24, 2.45) is 0 Å². The predicted octanol–water partition coefficient (Wildman–Crippen LogP) is 3.81. The zero-order valence-electron chi connectivity index (χ0n) is 15.5. The van der Waals surface area contributed by atoms with Crippen LogP contribution < -0.4 is 4.74 Å². The number of phenolic OH excluding ortho intramolecular Hbond substituents is 1. The summed E-state index contributed by atoms with van der Waals surface area (Å²) in [6.07, 6.45) is 3.26. The molecule has 144 valence electrons. The Labute approximate surface area is 170 Å². The number of hydrogen-bond acceptors (Lipinski definition) is 6. The third-order valence-electron chi connectivity index (χ3n) is 4.75. The fourth-order valence-corrected chi connectivity index (χ4v) is 3.34. The van der Waals surface area contributed by atoms with Crippen LogP contribution in [0.4, 0.5) is 0 Å². The number of fused-ring (bicyclic) bond motifs is 3. The van der Waals surface area contributed by atoms with Gasteiger partial charge in [-0.05, 0) is 36.8 Å². The normalized spacial score (nSPS) is 11.4. The Morgan fingerprint density at radius 1 is 1.10 bits per heavy atom. The maximum Gasteiger partial charge on any atom is 0.185 e. The van der Waals surface area contributed by atoms with Gasteiger partial charge in [-0.15, -0.1) is 5.10 Å². The van der Waals surface area contributed by atoms with E-state index < -0.39 is 0 Å². The van der Waals surface area contributed by atoms with Gasteiger partial charge in [0.15, 0.2) is 17.1 Å². The summed E-state index contributed by atoms with van der Waals surface area (Å²) in [6.45, 7) is 1.95. The van der Waals surface area contributed by atoms with Crippen molar-refractivity contribution in [3.05, 3.63) is 59.5 Å². The summed E-state index contributed by atoms with van der Waals surface area (Å²) >= 11 is 6.26. The molecule has 3 heterocycles. The fraction of sp³-hybridized carbons (Fsp3) is 0.100. The highest BCUT2D eigenvalue weighted by Crippen LogP contribution is 2.31. The van der Waals surface area contributed by atoms with E-state index in [0.29, 0.717) is 33.5 Å². The van der Waals surface area contributed by atoms with E-state index in [1.807, 2.05) is 25.1 Å². The molecule has 5 aromatic rings. The molecule has 0 aliphatic carbocycles. The monoisotopic (exact) mass is 406 g/mol. The van der Waals surface area contributed by atoms with Crippen molar-refractivity contribution in [3.8, 4) is 28.6 Å². The number of nitrogens with zero attached hydrogens (tertiary/aromatic N) is 6. The Hall–Kier alpha value is -3.65. The van der Waals surface area contributed by atoms with E-state index in [1.165, 1.54) is 6.07 Å². The Bertz CT molecular complexity index is 1390. The average Bonchev–Trinajstić information content (AvgIpc) is 3.33. The van der Waals surface area contributed by atoms with Gasteiger partial charge in [-0.3, -0.25) is 0 Å². The first-order valence-corrected chi connectivity index (χ1v) is 9.16. The van der Waals surface area contributed by atoms with E-state index in [9.17, 15) is 5.11 Å². The van der Waals surface area contributed by atoms with Gasteiger partial charge in [0.2, 0.25) is 0 Å². The summed E-state index contributed by atoms with van der Waals surface area (Å²) in [4.78, 5) is 9.09. The first-order valence-electron chi connectivity index (χ1n) is 8.78. The molecule has 0 saturated carbocycles. The standard InChI is InChI=1S/C20H15ClN6O2/c1-11-3-4-12(7-16(11)21)27-19-15(9-23-27)20-24-18(25-26(20)10-22-19)14-6-5-13(29-2)8-17(14)28/h3-10,28H,1-2H3. The molecular formula is C20H15ClN6O2. The van der Waals surface area contributed by atoms with Crippen LogP contribution in [0.2, 0.25) is 5.02 Å². The fourth-order valence-electron chi connectivity index (χ4n) is 3.16. The van der Waals surface area contributed by atoms with Crippen molar-refractivity contribution >= 4 is 28.3 Å². The number of halogens is 1. The van der Waals surface area contributed by atoms with Crippen molar-refractivity contribution in [2.75, 3.05) is 7.11 Å². The predicted molar refractivity (Wildman–Crippen MR) is 109 cm³/mol. The lowest BCUT2D eigenvalue weighted by atomic mass is 10.2. The molecule has 0 atom stereocenters. The van der Waals surface area contributed by atoms with Crippen molar-refractivity contribution in [2.45, 2.75) is 6.92 Å². The van der Waals surface area contributed by atoms with Crippen molar-refractivity contribution < 1.29 is 9.84 Å². The average molecular weight is 407 g/mol. The minimum atomic E-state index is 0.0365. The Morgan fingerprint density at radius 3 is 2.72 bits per heavy atom. The lowest BCUT2D eigenvalue weighted by Gasteiger charge is -2.05. The van der Waals surface area contributed by atoms with E-state index >= 15 is 0 Å². The number of methoxy groups -OCH3 is 1. The molecule has 0 amide bonds. The summed E-state index contributed by atoms with van der Waals surface area (Å²) in [6, 6.07) is 10.7. The van der Waals surface area contributed by atoms with Crippen LogP contribution in [-0.2, 0) is 0 Å². The van der Waals surface area contributed by atoms with E-state index in [4.69, 9.17) is 16.3 Å². The van der Waals surface area contributed by atoms with Gasteiger partial charge >= 0.3 is 0 Å². The number of aromatic hydroxyl groups is 1. The first-order chi connectivity index (χ1) is 14.0. The highest BCUT2D eigenvalue weighted by molar-refractivity contribution is 6.31. The molecule has 0 aliphatic heterocycles.